The van der Waals surface area contributed by atoms with E-state index in [0.717, 1.165) is 32.9 Å². The third-order valence-electron chi connectivity index (χ3n) is 10.3. The third-order valence-corrected chi connectivity index (χ3v) is 13.1. The number of nitrogens with zero attached hydrogens (tertiary/aromatic N) is 2. The number of hydrogen-bond donors (Lipinski definition) is 6. The molecular formula is C51H46N8O8S2. The number of rotatable bonds is 16. The second-order valence-corrected chi connectivity index (χ2v) is 19.1. The largest absolute Gasteiger partial charge is 0.489 e. The van der Waals surface area contributed by atoms with Crippen LogP contribution in [0.25, 0.3) is 21.8 Å². The molecule has 9 aromatic rings. The lowest BCUT2D eigenvalue weighted by atomic mass is 10.2. The maximum Gasteiger partial charge on any atom is 0.267 e. The van der Waals surface area contributed by atoms with Crippen molar-refractivity contribution in [1.29, 1.82) is 0 Å². The molecule has 5 aromatic carbocycles. The molecule has 0 saturated carbocycles. The Balaban J connectivity index is 0.000000187. The first-order chi connectivity index (χ1) is 33.3. The fourth-order valence-corrected chi connectivity index (χ4v) is 9.03. The summed E-state index contributed by atoms with van der Waals surface area (Å²) in [5.74, 6) is 0.924. The Morgan fingerprint density at radius 2 is 0.986 bits per heavy atom. The molecule has 4 aromatic heterocycles. The van der Waals surface area contributed by atoms with Crippen LogP contribution in [0.2, 0.25) is 0 Å². The lowest BCUT2D eigenvalue weighted by molar-refractivity contribution is 0.0939. The Morgan fingerprint density at radius 3 is 1.45 bits per heavy atom. The van der Waals surface area contributed by atoms with Crippen molar-refractivity contribution in [2.24, 2.45) is 0 Å². The third kappa shape index (κ3) is 12.1. The zero-order valence-electron chi connectivity index (χ0n) is 37.2. The van der Waals surface area contributed by atoms with Gasteiger partial charge in [0.15, 0.2) is 5.75 Å². The van der Waals surface area contributed by atoms with Crippen molar-refractivity contribution >= 4 is 65.0 Å². The van der Waals surface area contributed by atoms with Crippen molar-refractivity contribution in [2.45, 2.75) is 42.8 Å². The first-order valence-electron chi connectivity index (χ1n) is 21.5. The maximum absolute atomic E-state index is 13.0. The van der Waals surface area contributed by atoms with Gasteiger partial charge in [-0.25, -0.2) is 16.8 Å². The monoisotopic (exact) mass is 962 g/mol. The van der Waals surface area contributed by atoms with Crippen molar-refractivity contribution < 1.29 is 35.9 Å². The summed E-state index contributed by atoms with van der Waals surface area (Å²) in [5, 5.41) is 7.36. The van der Waals surface area contributed by atoms with Crippen LogP contribution >= 0.6 is 0 Å². The van der Waals surface area contributed by atoms with Gasteiger partial charge in [-0.2, -0.15) is 0 Å². The van der Waals surface area contributed by atoms with E-state index in [4.69, 9.17) is 9.47 Å². The predicted octanol–water partition coefficient (Wildman–Crippen LogP) is 9.17. The van der Waals surface area contributed by atoms with Crippen molar-refractivity contribution in [3.05, 3.63) is 199 Å². The maximum atomic E-state index is 13.0. The van der Waals surface area contributed by atoms with Crippen LogP contribution in [0.1, 0.15) is 46.0 Å². The number of para-hydroxylation sites is 5. The SMILES string of the molecule is CC(C)Oc1ccccc1NS(=O)(=O)c1ccc(CNC(=O)c2cc3cnccc3[nH]2)cc1.O=C(NCc1ccc(S(=O)(=O)Nc2ccccc2Oc2ccccc2)cc1)c1cc2cnccc2[nH]1. The Morgan fingerprint density at radius 1 is 0.551 bits per heavy atom. The molecule has 4 heterocycles. The summed E-state index contributed by atoms with van der Waals surface area (Å²) in [6.07, 6.45) is 6.58. The molecule has 0 saturated heterocycles. The minimum Gasteiger partial charge on any atom is -0.489 e. The minimum absolute atomic E-state index is 0.0915. The van der Waals surface area contributed by atoms with Gasteiger partial charge in [-0.15, -0.1) is 0 Å². The number of anilines is 2. The number of aromatic amines is 2. The summed E-state index contributed by atoms with van der Waals surface area (Å²) in [6, 6.07) is 42.6. The van der Waals surface area contributed by atoms with Crippen LogP contribution in [0.5, 0.6) is 17.2 Å². The lowest BCUT2D eigenvalue weighted by Gasteiger charge is -2.15. The van der Waals surface area contributed by atoms with Crippen LogP contribution in [0, 0.1) is 0 Å². The number of benzene rings is 5. The van der Waals surface area contributed by atoms with Crippen LogP contribution in [0.3, 0.4) is 0 Å². The first kappa shape index (κ1) is 47.0. The summed E-state index contributed by atoms with van der Waals surface area (Å²) < 4.78 is 68.4. The quantitative estimate of drug-likeness (QED) is 0.0538. The summed E-state index contributed by atoms with van der Waals surface area (Å²) >= 11 is 0. The van der Waals surface area contributed by atoms with E-state index in [1.807, 2.05) is 32.0 Å². The van der Waals surface area contributed by atoms with Crippen LogP contribution in [-0.2, 0) is 33.1 Å². The van der Waals surface area contributed by atoms with Crippen LogP contribution in [-0.4, -0.2) is 54.7 Å². The molecule has 2 amide bonds. The van der Waals surface area contributed by atoms with Gasteiger partial charge in [-0.1, -0.05) is 66.7 Å². The second-order valence-electron chi connectivity index (χ2n) is 15.7. The van der Waals surface area contributed by atoms with E-state index in [-0.39, 0.29) is 40.8 Å². The first-order valence-corrected chi connectivity index (χ1v) is 24.5. The minimum atomic E-state index is -3.86. The second kappa shape index (κ2) is 21.0. The average molecular weight is 963 g/mol. The number of aromatic nitrogens is 4. The highest BCUT2D eigenvalue weighted by Crippen LogP contribution is 2.31. The molecule has 0 spiro atoms. The summed E-state index contributed by atoms with van der Waals surface area (Å²) in [4.78, 5) is 39.3. The lowest BCUT2D eigenvalue weighted by Crippen LogP contribution is -2.23. The highest BCUT2D eigenvalue weighted by Gasteiger charge is 2.19. The number of hydrogen-bond acceptors (Lipinski definition) is 10. The predicted molar refractivity (Wildman–Crippen MR) is 264 cm³/mol. The van der Waals surface area contributed by atoms with Crippen LogP contribution in [0.4, 0.5) is 11.4 Å². The molecule has 0 atom stereocenters. The number of carbonyl (C=O) groups excluding carboxylic acids is 2. The number of amides is 2. The molecule has 0 fully saturated rings. The van der Waals surface area contributed by atoms with E-state index < -0.39 is 20.0 Å². The number of ether oxygens (including phenoxy) is 2. The van der Waals surface area contributed by atoms with Gasteiger partial charge in [-0.3, -0.25) is 29.0 Å². The van der Waals surface area contributed by atoms with Gasteiger partial charge in [0.05, 0.1) is 27.3 Å². The number of nitrogens with one attached hydrogen (secondary N) is 6. The summed E-state index contributed by atoms with van der Waals surface area (Å²) in [6.45, 7) is 4.25. The van der Waals surface area contributed by atoms with Crippen molar-refractivity contribution in [3.63, 3.8) is 0 Å². The molecule has 18 heteroatoms. The number of H-pyrrole nitrogens is 2. The zero-order chi connectivity index (χ0) is 48.4. The summed E-state index contributed by atoms with van der Waals surface area (Å²) in [7, 11) is -7.67. The highest BCUT2D eigenvalue weighted by atomic mass is 32.2. The number of sulfonamides is 2. The Hall–Kier alpha value is -8.48. The molecule has 350 valence electrons. The van der Waals surface area contributed by atoms with Gasteiger partial charge in [0.25, 0.3) is 31.9 Å². The fraction of sp³-hybridized carbons (Fsp3) is 0.0980. The molecule has 0 aliphatic heterocycles. The van der Waals surface area contributed by atoms with Crippen molar-refractivity contribution in [3.8, 4) is 17.2 Å². The average Bonchev–Trinajstić information content (AvgIpc) is 4.00. The standard InChI is InChI=1S/C27H22N4O4S.C24H24N4O4S/c32-27(25-16-20-18-28-15-14-23(20)30-25)29-17-19-10-12-22(13-11-19)36(33,34)31-24-8-4-5-9-26(24)35-21-6-2-1-3-7-21;1-16(2)32-23-6-4-3-5-21(23)28-33(30,31)19-9-7-17(8-10-19)14-26-24(29)22-13-18-15-25-12-11-20(18)27-22/h1-16,18,30-31H,17H2,(H,29,32);3-13,15-16,27-28H,14H2,1-2H3,(H,26,29). The Bertz CT molecular complexity index is 3390. The van der Waals surface area contributed by atoms with Gasteiger partial charge < -0.3 is 30.1 Å². The van der Waals surface area contributed by atoms with E-state index in [1.165, 1.54) is 24.3 Å². The molecule has 0 radical (unpaired) electrons. The molecular weight excluding hydrogens is 917 g/mol. The molecule has 9 rings (SSSR count). The molecule has 0 bridgehead atoms. The topological polar surface area (TPSA) is 226 Å². The number of pyridine rings is 2. The van der Waals surface area contributed by atoms with Crippen molar-refractivity contribution in [1.82, 2.24) is 30.6 Å². The summed E-state index contributed by atoms with van der Waals surface area (Å²) in [5.41, 5.74) is 4.74. The molecule has 69 heavy (non-hydrogen) atoms. The van der Waals surface area contributed by atoms with E-state index in [9.17, 15) is 26.4 Å². The van der Waals surface area contributed by atoms with Gasteiger partial charge in [0, 0.05) is 59.7 Å². The van der Waals surface area contributed by atoms with Gasteiger partial charge in [0.1, 0.15) is 22.9 Å². The van der Waals surface area contributed by atoms with Gasteiger partial charge in [-0.05, 0) is 110 Å². The molecule has 0 aliphatic rings. The van der Waals surface area contributed by atoms with Crippen molar-refractivity contribution in [2.75, 3.05) is 9.44 Å². The van der Waals surface area contributed by atoms with E-state index >= 15 is 0 Å². The number of fused-ring (bicyclic) bond motifs is 2. The molecule has 0 aliphatic carbocycles. The highest BCUT2D eigenvalue weighted by molar-refractivity contribution is 7.93. The van der Waals surface area contributed by atoms with Gasteiger partial charge in [0.2, 0.25) is 0 Å². The Kier molecular flexibility index (Phi) is 14.3. The number of carbonyl (C=O) groups is 2. The van der Waals surface area contributed by atoms with E-state index in [1.54, 1.807) is 134 Å². The zero-order valence-corrected chi connectivity index (χ0v) is 38.8. The van der Waals surface area contributed by atoms with Crippen LogP contribution in [0.15, 0.2) is 186 Å². The Labute approximate surface area is 398 Å². The molecule has 0 unspecified atom stereocenters. The van der Waals surface area contributed by atoms with E-state index in [0.29, 0.717) is 40.0 Å². The smallest absolute Gasteiger partial charge is 0.267 e. The fourth-order valence-electron chi connectivity index (χ4n) is 6.89. The molecule has 16 nitrogen and oxygen atoms in total. The van der Waals surface area contributed by atoms with Gasteiger partial charge >= 0.3 is 0 Å². The van der Waals surface area contributed by atoms with Crippen LogP contribution < -0.4 is 29.6 Å². The molecule has 6 N–H and O–H groups in total. The normalized spacial score (nSPS) is 11.3. The van der Waals surface area contributed by atoms with E-state index in [2.05, 4.69) is 40.0 Å².